The molecule has 0 unspecified atom stereocenters. The highest BCUT2D eigenvalue weighted by Crippen LogP contribution is 2.45. The molecule has 0 atom stereocenters. The number of imide groups is 1. The molecule has 8 nitrogen and oxygen atoms in total. The third-order valence-corrected chi connectivity index (χ3v) is 6.25. The zero-order valence-corrected chi connectivity index (χ0v) is 19.3. The molecule has 0 aliphatic carbocycles. The van der Waals surface area contributed by atoms with Gasteiger partial charge in [0.1, 0.15) is 5.75 Å². The Balaban J connectivity index is 1.76. The maximum atomic E-state index is 12.9. The van der Waals surface area contributed by atoms with E-state index in [0.717, 1.165) is 13.0 Å². The Morgan fingerprint density at radius 1 is 1.03 bits per heavy atom. The molecule has 0 saturated carbocycles. The summed E-state index contributed by atoms with van der Waals surface area (Å²) >= 11 is 6.51. The molecule has 0 fully saturated rings. The molecule has 1 aliphatic heterocycles. The van der Waals surface area contributed by atoms with E-state index in [0.29, 0.717) is 56.1 Å². The van der Waals surface area contributed by atoms with Crippen molar-refractivity contribution in [1.82, 2.24) is 15.6 Å². The molecule has 4 aromatic rings. The van der Waals surface area contributed by atoms with Crippen molar-refractivity contribution in [3.05, 3.63) is 52.5 Å². The topological polar surface area (TPSA) is 113 Å². The van der Waals surface area contributed by atoms with E-state index in [1.807, 2.05) is 7.05 Å². The van der Waals surface area contributed by atoms with Crippen molar-refractivity contribution in [2.45, 2.75) is 6.42 Å². The number of methoxy groups -OCH3 is 1. The second-order valence-corrected chi connectivity index (χ2v) is 8.40. The molecule has 3 aromatic carbocycles. The summed E-state index contributed by atoms with van der Waals surface area (Å²) in [5, 5.41) is 17.6. The molecule has 0 saturated heterocycles. The number of phenols is 1. The van der Waals surface area contributed by atoms with E-state index < -0.39 is 11.8 Å². The lowest BCUT2D eigenvalue weighted by molar-refractivity contribution is 0.0880. The summed E-state index contributed by atoms with van der Waals surface area (Å²) in [5.74, 6) is -0.256. The SMILES string of the molecule is CNCCCOc1cc2[nH]c3cc(-c4c(Cl)cccc4OC)c4c(c3c2cc1O)C(=O)NC4=O. The second-order valence-electron chi connectivity index (χ2n) is 7.99. The predicted octanol–water partition coefficient (Wildman–Crippen LogP) is 4.23. The molecule has 1 aliphatic rings. The van der Waals surface area contributed by atoms with Crippen LogP contribution in [0, 0.1) is 0 Å². The molecule has 0 spiro atoms. The molecular formula is C25H22ClN3O5. The van der Waals surface area contributed by atoms with E-state index in [1.165, 1.54) is 7.11 Å². The third-order valence-electron chi connectivity index (χ3n) is 5.94. The van der Waals surface area contributed by atoms with Gasteiger partial charge in [-0.3, -0.25) is 14.9 Å². The standard InChI is InChI=1S/C25H22ClN3O5/c1-27-7-4-8-34-19-11-15-12(10-17(19)30)21-16(28-15)9-13(22-23(21)25(32)29-24(22)31)20-14(26)5-3-6-18(20)33-2/h3,5-6,9-11,27-28,30H,4,7-8H2,1-2H3,(H,29,31,32). The predicted molar refractivity (Wildman–Crippen MR) is 130 cm³/mol. The first-order valence-corrected chi connectivity index (χ1v) is 11.1. The largest absolute Gasteiger partial charge is 0.504 e. The van der Waals surface area contributed by atoms with Crippen LogP contribution < -0.4 is 20.1 Å². The number of rotatable bonds is 7. The number of halogens is 1. The summed E-state index contributed by atoms with van der Waals surface area (Å²) in [7, 11) is 3.38. The lowest BCUT2D eigenvalue weighted by atomic mass is 9.92. The molecule has 0 bridgehead atoms. The fourth-order valence-corrected chi connectivity index (χ4v) is 4.72. The van der Waals surface area contributed by atoms with Crippen molar-refractivity contribution in [3.8, 4) is 28.4 Å². The first-order valence-electron chi connectivity index (χ1n) is 10.8. The van der Waals surface area contributed by atoms with Crippen LogP contribution in [-0.2, 0) is 0 Å². The van der Waals surface area contributed by atoms with Crippen LogP contribution >= 0.6 is 11.6 Å². The number of phenolic OH excluding ortho intramolecular Hbond substituents is 1. The normalized spacial score (nSPS) is 12.9. The highest BCUT2D eigenvalue weighted by Gasteiger charge is 2.35. The first kappa shape index (κ1) is 22.1. The molecule has 1 aromatic heterocycles. The van der Waals surface area contributed by atoms with Crippen LogP contribution in [0.15, 0.2) is 36.4 Å². The Labute approximate surface area is 199 Å². The number of hydrogen-bond acceptors (Lipinski definition) is 6. The number of nitrogens with one attached hydrogen (secondary N) is 3. The number of aromatic nitrogens is 1. The van der Waals surface area contributed by atoms with Crippen molar-refractivity contribution >= 4 is 45.2 Å². The van der Waals surface area contributed by atoms with Crippen LogP contribution in [-0.4, -0.2) is 49.2 Å². The monoisotopic (exact) mass is 479 g/mol. The van der Waals surface area contributed by atoms with Gasteiger partial charge in [0.15, 0.2) is 11.5 Å². The minimum atomic E-state index is -0.512. The quantitative estimate of drug-likeness (QED) is 0.233. The van der Waals surface area contributed by atoms with Gasteiger partial charge in [-0.2, -0.15) is 0 Å². The smallest absolute Gasteiger partial charge is 0.259 e. The Hall–Kier alpha value is -3.75. The van der Waals surface area contributed by atoms with E-state index in [1.54, 1.807) is 36.4 Å². The van der Waals surface area contributed by atoms with Gasteiger partial charge in [-0.05, 0) is 44.3 Å². The Bertz CT molecular complexity index is 1480. The van der Waals surface area contributed by atoms with Gasteiger partial charge in [0.25, 0.3) is 11.8 Å². The summed E-state index contributed by atoms with van der Waals surface area (Å²) in [6.07, 6.45) is 0.777. The van der Waals surface area contributed by atoms with Crippen LogP contribution in [0.4, 0.5) is 0 Å². The van der Waals surface area contributed by atoms with E-state index >= 15 is 0 Å². The fraction of sp³-hybridized carbons (Fsp3) is 0.200. The summed E-state index contributed by atoms with van der Waals surface area (Å²) in [4.78, 5) is 29.1. The minimum Gasteiger partial charge on any atom is -0.504 e. The van der Waals surface area contributed by atoms with Crippen molar-refractivity contribution in [1.29, 1.82) is 0 Å². The molecule has 4 N–H and O–H groups in total. The Morgan fingerprint density at radius 3 is 2.59 bits per heavy atom. The number of carbonyl (C=O) groups is 2. The Morgan fingerprint density at radius 2 is 1.82 bits per heavy atom. The highest BCUT2D eigenvalue weighted by atomic mass is 35.5. The van der Waals surface area contributed by atoms with E-state index in [4.69, 9.17) is 21.1 Å². The molecule has 2 heterocycles. The van der Waals surface area contributed by atoms with Gasteiger partial charge in [0.2, 0.25) is 0 Å². The van der Waals surface area contributed by atoms with Crippen LogP contribution in [0.25, 0.3) is 32.9 Å². The van der Waals surface area contributed by atoms with Crippen LogP contribution in [0.5, 0.6) is 17.2 Å². The van der Waals surface area contributed by atoms with E-state index in [9.17, 15) is 14.7 Å². The summed E-state index contributed by atoms with van der Waals surface area (Å²) in [6, 6.07) is 10.2. The van der Waals surface area contributed by atoms with Gasteiger partial charge >= 0.3 is 0 Å². The number of aromatic hydroxyl groups is 1. The number of ether oxygens (including phenoxy) is 2. The zero-order chi connectivity index (χ0) is 24.0. The average molecular weight is 480 g/mol. The molecule has 34 heavy (non-hydrogen) atoms. The first-order chi connectivity index (χ1) is 16.4. The fourth-order valence-electron chi connectivity index (χ4n) is 4.46. The number of benzene rings is 3. The molecule has 2 amide bonds. The van der Waals surface area contributed by atoms with Gasteiger partial charge in [-0.25, -0.2) is 0 Å². The zero-order valence-electron chi connectivity index (χ0n) is 18.5. The highest BCUT2D eigenvalue weighted by molar-refractivity contribution is 6.36. The molecule has 5 rings (SSSR count). The lowest BCUT2D eigenvalue weighted by Gasteiger charge is -2.13. The van der Waals surface area contributed by atoms with Gasteiger partial charge in [0.05, 0.1) is 35.4 Å². The second kappa shape index (κ2) is 8.55. The number of amides is 2. The van der Waals surface area contributed by atoms with Gasteiger partial charge < -0.3 is 24.9 Å². The third kappa shape index (κ3) is 3.43. The summed E-state index contributed by atoms with van der Waals surface area (Å²) in [6.45, 7) is 1.22. The number of carbonyl (C=O) groups excluding carboxylic acids is 2. The molecule has 0 radical (unpaired) electrons. The Kier molecular flexibility index (Phi) is 5.55. The van der Waals surface area contributed by atoms with E-state index in [2.05, 4.69) is 15.6 Å². The van der Waals surface area contributed by atoms with Gasteiger partial charge in [0, 0.05) is 33.5 Å². The number of H-pyrrole nitrogens is 1. The average Bonchev–Trinajstić information content (AvgIpc) is 3.31. The number of hydrogen-bond donors (Lipinski definition) is 4. The molecule has 174 valence electrons. The van der Waals surface area contributed by atoms with Gasteiger partial charge in [-0.1, -0.05) is 17.7 Å². The van der Waals surface area contributed by atoms with Gasteiger partial charge in [-0.15, -0.1) is 0 Å². The van der Waals surface area contributed by atoms with Crippen LogP contribution in [0.3, 0.4) is 0 Å². The maximum absolute atomic E-state index is 12.9. The molecular weight excluding hydrogens is 458 g/mol. The molecule has 9 heteroatoms. The minimum absolute atomic E-state index is 0.0480. The number of fused-ring (bicyclic) bond motifs is 5. The van der Waals surface area contributed by atoms with Crippen LogP contribution in [0.2, 0.25) is 5.02 Å². The maximum Gasteiger partial charge on any atom is 0.259 e. The van der Waals surface area contributed by atoms with E-state index in [-0.39, 0.29) is 16.9 Å². The van der Waals surface area contributed by atoms with Crippen molar-refractivity contribution < 1.29 is 24.2 Å². The summed E-state index contributed by atoms with van der Waals surface area (Å²) in [5.41, 5.74) is 2.72. The van der Waals surface area contributed by atoms with Crippen molar-refractivity contribution in [2.24, 2.45) is 0 Å². The van der Waals surface area contributed by atoms with Crippen LogP contribution in [0.1, 0.15) is 27.1 Å². The van der Waals surface area contributed by atoms with Crippen molar-refractivity contribution in [3.63, 3.8) is 0 Å². The van der Waals surface area contributed by atoms with Crippen molar-refractivity contribution in [2.75, 3.05) is 27.3 Å². The number of aromatic amines is 1. The lowest BCUT2D eigenvalue weighted by Crippen LogP contribution is -2.20. The summed E-state index contributed by atoms with van der Waals surface area (Å²) < 4.78 is 11.2.